The molecule has 0 atom stereocenters. The number of amides is 1. The summed E-state index contributed by atoms with van der Waals surface area (Å²) >= 11 is 0. The number of hydrogen-bond acceptors (Lipinski definition) is 5. The molecule has 1 amide bonds. The maximum absolute atomic E-state index is 14.5. The molecule has 1 heterocycles. The number of carbonyl (C=O) groups excluding carboxylic acids is 1. The van der Waals surface area contributed by atoms with Crippen molar-refractivity contribution >= 4 is 21.6 Å². The molecule has 0 spiro atoms. The molecule has 0 radical (unpaired) electrons. The van der Waals surface area contributed by atoms with Crippen molar-refractivity contribution in [1.29, 1.82) is 0 Å². The number of carbonyl (C=O) groups is 1. The molecule has 3 aromatic rings. The first-order valence-electron chi connectivity index (χ1n) is 10.4. The van der Waals surface area contributed by atoms with E-state index < -0.39 is 21.7 Å². The maximum atomic E-state index is 14.5. The van der Waals surface area contributed by atoms with Crippen LogP contribution in [0.4, 0.5) is 10.1 Å². The third kappa shape index (κ3) is 5.41. The summed E-state index contributed by atoms with van der Waals surface area (Å²) in [5, 5.41) is 0. The lowest BCUT2D eigenvalue weighted by Gasteiger charge is -2.18. The molecule has 2 aromatic carbocycles. The number of aryl methyl sites for hydroxylation is 1. The molecule has 0 aliphatic heterocycles. The smallest absolute Gasteiger partial charge is 0.264 e. The van der Waals surface area contributed by atoms with Gasteiger partial charge in [-0.25, -0.2) is 27.4 Å². The van der Waals surface area contributed by atoms with Gasteiger partial charge < -0.3 is 4.74 Å². The Bertz CT molecular complexity index is 1400. The average molecular weight is 482 g/mol. The zero-order chi connectivity index (χ0) is 25.0. The normalized spacial score (nSPS) is 11.2. The molecule has 0 saturated carbocycles. The number of nitrogens with one attached hydrogen (secondary N) is 1. The van der Waals surface area contributed by atoms with E-state index in [-0.39, 0.29) is 17.2 Å². The summed E-state index contributed by atoms with van der Waals surface area (Å²) in [5.41, 5.74) is 2.79. The molecule has 0 aliphatic rings. The second-order valence-electron chi connectivity index (χ2n) is 8.03. The fourth-order valence-corrected chi connectivity index (χ4v) is 4.93. The van der Waals surface area contributed by atoms with Crippen LogP contribution in [0.25, 0.3) is 16.0 Å². The van der Waals surface area contributed by atoms with Crippen molar-refractivity contribution in [2.75, 3.05) is 7.11 Å². The van der Waals surface area contributed by atoms with Crippen molar-refractivity contribution in [2.24, 2.45) is 0 Å². The Balaban J connectivity index is 2.01. The molecule has 9 heteroatoms. The van der Waals surface area contributed by atoms with Gasteiger partial charge in [0.25, 0.3) is 10.0 Å². The minimum absolute atomic E-state index is 0.0875. The molecule has 34 heavy (non-hydrogen) atoms. The topological polar surface area (TPSA) is 89.7 Å². The number of pyridine rings is 1. The number of ether oxygens (including phenoxy) is 1. The summed E-state index contributed by atoms with van der Waals surface area (Å²) < 4.78 is 47.5. The van der Waals surface area contributed by atoms with Crippen molar-refractivity contribution in [1.82, 2.24) is 9.71 Å². The van der Waals surface area contributed by atoms with Crippen LogP contribution in [0.1, 0.15) is 36.5 Å². The van der Waals surface area contributed by atoms with E-state index in [0.29, 0.717) is 39.4 Å². The lowest BCUT2D eigenvalue weighted by Crippen LogP contribution is -2.32. The first-order chi connectivity index (χ1) is 16.1. The quantitative estimate of drug-likeness (QED) is 0.484. The highest BCUT2D eigenvalue weighted by Crippen LogP contribution is 2.33. The Hall–Kier alpha value is -3.77. The van der Waals surface area contributed by atoms with E-state index in [1.165, 1.54) is 43.6 Å². The maximum Gasteiger partial charge on any atom is 0.264 e. The number of sulfonamides is 1. The first-order valence-corrected chi connectivity index (χ1v) is 11.9. The van der Waals surface area contributed by atoms with E-state index in [9.17, 15) is 17.6 Å². The molecule has 0 unspecified atom stereocenters. The van der Waals surface area contributed by atoms with Crippen LogP contribution in [0.5, 0.6) is 5.88 Å². The highest BCUT2D eigenvalue weighted by Gasteiger charge is 2.23. The Morgan fingerprint density at radius 1 is 1.21 bits per heavy atom. The van der Waals surface area contributed by atoms with E-state index in [0.717, 1.165) is 0 Å². The molecule has 0 saturated heterocycles. The zero-order valence-electron chi connectivity index (χ0n) is 19.2. The molecule has 176 valence electrons. The number of nitrogens with zero attached hydrogens (tertiary/aromatic N) is 2. The van der Waals surface area contributed by atoms with Crippen LogP contribution in [0.3, 0.4) is 0 Å². The van der Waals surface area contributed by atoms with Crippen LogP contribution in [-0.4, -0.2) is 26.4 Å². The van der Waals surface area contributed by atoms with Crippen LogP contribution in [-0.2, 0) is 21.2 Å². The fourth-order valence-electron chi connectivity index (χ4n) is 3.72. The summed E-state index contributed by atoms with van der Waals surface area (Å²) in [7, 11) is -2.71. The van der Waals surface area contributed by atoms with E-state index >= 15 is 0 Å². The largest absolute Gasteiger partial charge is 0.481 e. The monoisotopic (exact) mass is 481 g/mol. The summed E-state index contributed by atoms with van der Waals surface area (Å²) in [6.45, 7) is 12.3. The predicted molar refractivity (Wildman–Crippen MR) is 127 cm³/mol. The average Bonchev–Trinajstić information content (AvgIpc) is 2.79. The number of rotatable bonds is 7. The Morgan fingerprint density at radius 3 is 2.56 bits per heavy atom. The van der Waals surface area contributed by atoms with Gasteiger partial charge in [-0.15, -0.1) is 0 Å². The summed E-state index contributed by atoms with van der Waals surface area (Å²) in [6, 6.07) is 10.1. The van der Waals surface area contributed by atoms with E-state index in [4.69, 9.17) is 11.3 Å². The molecule has 7 nitrogen and oxygen atoms in total. The summed E-state index contributed by atoms with van der Waals surface area (Å²) in [5.74, 6) is -1.03. The number of methoxy groups -OCH3 is 1. The van der Waals surface area contributed by atoms with Gasteiger partial charge in [0.1, 0.15) is 5.82 Å². The third-order valence-electron chi connectivity index (χ3n) is 5.29. The summed E-state index contributed by atoms with van der Waals surface area (Å²) in [6.07, 6.45) is 1.23. The highest BCUT2D eigenvalue weighted by atomic mass is 32.2. The molecule has 3 rings (SSSR count). The Kier molecular flexibility index (Phi) is 7.32. The lowest BCUT2D eigenvalue weighted by atomic mass is 9.88. The van der Waals surface area contributed by atoms with Crippen molar-refractivity contribution in [2.45, 2.75) is 38.0 Å². The molecule has 0 fully saturated rings. The van der Waals surface area contributed by atoms with Crippen molar-refractivity contribution in [3.05, 3.63) is 82.6 Å². The molecule has 1 aromatic heterocycles. The molecule has 1 N–H and O–H groups in total. The third-order valence-corrected chi connectivity index (χ3v) is 6.82. The molecule has 0 bridgehead atoms. The second kappa shape index (κ2) is 10.0. The fraction of sp³-hybridized carbons (Fsp3) is 0.240. The van der Waals surface area contributed by atoms with Crippen LogP contribution >= 0.6 is 0 Å². The number of aromatic nitrogens is 1. The summed E-state index contributed by atoms with van der Waals surface area (Å²) in [4.78, 5) is 20.2. The molecular weight excluding hydrogens is 457 g/mol. The van der Waals surface area contributed by atoms with Crippen molar-refractivity contribution in [3.63, 3.8) is 0 Å². The Morgan fingerprint density at radius 2 is 1.94 bits per heavy atom. The van der Waals surface area contributed by atoms with E-state index in [1.54, 1.807) is 19.1 Å². The van der Waals surface area contributed by atoms with Gasteiger partial charge in [-0.05, 0) is 58.9 Å². The van der Waals surface area contributed by atoms with Gasteiger partial charge in [0.05, 0.1) is 25.0 Å². The van der Waals surface area contributed by atoms with Crippen molar-refractivity contribution < 1.29 is 22.3 Å². The van der Waals surface area contributed by atoms with Gasteiger partial charge in [0.15, 0.2) is 5.69 Å². The van der Waals surface area contributed by atoms with Gasteiger partial charge >= 0.3 is 0 Å². The number of benzene rings is 2. The lowest BCUT2D eigenvalue weighted by molar-refractivity contribution is -0.118. The molecule has 0 aliphatic carbocycles. The first kappa shape index (κ1) is 24.9. The van der Waals surface area contributed by atoms with Crippen LogP contribution in [0.15, 0.2) is 53.6 Å². The van der Waals surface area contributed by atoms with E-state index in [2.05, 4.69) is 14.6 Å². The number of halogens is 1. The Labute approximate surface area is 198 Å². The minimum Gasteiger partial charge on any atom is -0.481 e. The zero-order valence-corrected chi connectivity index (χ0v) is 20.0. The van der Waals surface area contributed by atoms with Gasteiger partial charge in [0, 0.05) is 12.3 Å². The van der Waals surface area contributed by atoms with Crippen LogP contribution < -0.4 is 9.46 Å². The van der Waals surface area contributed by atoms with Crippen LogP contribution in [0, 0.1) is 19.3 Å². The second-order valence-corrected chi connectivity index (χ2v) is 9.68. The van der Waals surface area contributed by atoms with Gasteiger partial charge in [-0.3, -0.25) is 4.79 Å². The highest BCUT2D eigenvalue weighted by molar-refractivity contribution is 7.90. The minimum atomic E-state index is -4.17. The van der Waals surface area contributed by atoms with Crippen LogP contribution in [0.2, 0.25) is 0 Å². The number of hydrogen-bond donors (Lipinski definition) is 1. The van der Waals surface area contributed by atoms with E-state index in [1.807, 2.05) is 13.8 Å². The van der Waals surface area contributed by atoms with Gasteiger partial charge in [-0.2, -0.15) is 0 Å². The van der Waals surface area contributed by atoms with Gasteiger partial charge in [-0.1, -0.05) is 32.0 Å². The standard InChI is InChI=1S/C25H24FN3O4S/c1-15(2)20-12-18(26)13-21(17-8-9-28-25(11-17)33-5)22(20)14-24(30)29-34(31,32)23-7-6-19(27-4)10-16(23)3/h6-13,15H,14H2,1-3,5H3,(H,29,30). The predicted octanol–water partition coefficient (Wildman–Crippen LogP) is 4.93. The molecular formula is C25H24FN3O4S. The SMILES string of the molecule is [C-]#[N+]c1ccc(S(=O)(=O)NC(=O)Cc2c(-c3ccnc(OC)c3)cc(F)cc2C(C)C)c(C)c1. The van der Waals surface area contributed by atoms with Crippen molar-refractivity contribution in [3.8, 4) is 17.0 Å². The van der Waals surface area contributed by atoms with Gasteiger partial charge in [0.2, 0.25) is 11.8 Å².